The molecule has 2 aromatic rings. The van der Waals surface area contributed by atoms with Crippen LogP contribution in [0.3, 0.4) is 0 Å². The molecule has 0 N–H and O–H groups in total. The average Bonchev–Trinajstić information content (AvgIpc) is 2.43. The Balaban J connectivity index is 2.37. The molecular weight excluding hydrogens is 279 g/mol. The largest absolute Gasteiger partial charge is 0.299 e. The van der Waals surface area contributed by atoms with Crippen molar-refractivity contribution in [3.05, 3.63) is 73.9 Å². The number of hydrogen-bond acceptors (Lipinski definition) is 4. The Morgan fingerprint density at radius 2 is 1.86 bits per heavy atom. The van der Waals surface area contributed by atoms with Gasteiger partial charge in [0.1, 0.15) is 5.82 Å². The van der Waals surface area contributed by atoms with E-state index < -0.39 is 22.1 Å². The summed E-state index contributed by atoms with van der Waals surface area (Å²) in [5.74, 6) is -0.907. The highest BCUT2D eigenvalue weighted by molar-refractivity contribution is 5.95. The Bertz CT molecular complexity index is 766. The maximum absolute atomic E-state index is 12.8. The number of ketones is 1. The van der Waals surface area contributed by atoms with E-state index in [2.05, 4.69) is 0 Å². The molecule has 0 radical (unpaired) electrons. The van der Waals surface area contributed by atoms with Crippen molar-refractivity contribution in [2.75, 3.05) is 0 Å². The van der Waals surface area contributed by atoms with E-state index in [-0.39, 0.29) is 23.5 Å². The molecule has 0 fully saturated rings. The standard InChI is InChI=1S/C14H11FN2O4/c1-9-12(17(20)21)6-7-14(19)16(9)8-13(18)10-2-4-11(15)5-3-10/h2-7H,8H2,1H3. The van der Waals surface area contributed by atoms with Crippen LogP contribution in [0.4, 0.5) is 10.1 Å². The van der Waals surface area contributed by atoms with Crippen LogP contribution >= 0.6 is 0 Å². The van der Waals surface area contributed by atoms with Gasteiger partial charge in [0.2, 0.25) is 0 Å². The second-order valence-electron chi connectivity index (χ2n) is 4.42. The van der Waals surface area contributed by atoms with Crippen LogP contribution in [0.5, 0.6) is 0 Å². The normalized spacial score (nSPS) is 10.4. The monoisotopic (exact) mass is 290 g/mol. The summed E-state index contributed by atoms with van der Waals surface area (Å²) >= 11 is 0. The molecule has 21 heavy (non-hydrogen) atoms. The molecule has 0 atom stereocenters. The molecular formula is C14H11FN2O4. The molecule has 0 saturated carbocycles. The van der Waals surface area contributed by atoms with Crippen LogP contribution in [0.15, 0.2) is 41.2 Å². The molecule has 7 heteroatoms. The van der Waals surface area contributed by atoms with Crippen molar-refractivity contribution < 1.29 is 14.1 Å². The average molecular weight is 290 g/mol. The van der Waals surface area contributed by atoms with Gasteiger partial charge in [-0.2, -0.15) is 0 Å². The predicted octanol–water partition coefficient (Wildman–Crippen LogP) is 2.09. The topological polar surface area (TPSA) is 82.2 Å². The number of rotatable bonds is 4. The third-order valence-electron chi connectivity index (χ3n) is 3.09. The van der Waals surface area contributed by atoms with E-state index in [0.29, 0.717) is 0 Å². The van der Waals surface area contributed by atoms with E-state index in [1.54, 1.807) is 0 Å². The summed E-state index contributed by atoms with van der Waals surface area (Å²) in [4.78, 5) is 34.0. The summed E-state index contributed by atoms with van der Waals surface area (Å²) in [5.41, 5.74) is -0.410. The van der Waals surface area contributed by atoms with E-state index in [4.69, 9.17) is 0 Å². The first kappa shape index (κ1) is 14.6. The smallest absolute Gasteiger partial charge is 0.288 e. The van der Waals surface area contributed by atoms with Crippen LogP contribution in [-0.2, 0) is 6.54 Å². The lowest BCUT2D eigenvalue weighted by Gasteiger charge is -2.09. The fourth-order valence-electron chi connectivity index (χ4n) is 1.92. The highest BCUT2D eigenvalue weighted by Gasteiger charge is 2.17. The van der Waals surface area contributed by atoms with Gasteiger partial charge in [-0.15, -0.1) is 0 Å². The molecule has 0 amide bonds. The lowest BCUT2D eigenvalue weighted by Crippen LogP contribution is -2.26. The molecule has 0 aliphatic rings. The van der Waals surface area contributed by atoms with E-state index in [1.165, 1.54) is 19.1 Å². The maximum atomic E-state index is 12.8. The Labute approximate surface area is 118 Å². The predicted molar refractivity (Wildman–Crippen MR) is 72.8 cm³/mol. The van der Waals surface area contributed by atoms with Gasteiger partial charge in [-0.25, -0.2) is 4.39 Å². The zero-order chi connectivity index (χ0) is 15.6. The first-order chi connectivity index (χ1) is 9.90. The zero-order valence-electron chi connectivity index (χ0n) is 11.1. The maximum Gasteiger partial charge on any atom is 0.288 e. The lowest BCUT2D eigenvalue weighted by molar-refractivity contribution is -0.386. The molecule has 1 heterocycles. The third-order valence-corrected chi connectivity index (χ3v) is 3.09. The van der Waals surface area contributed by atoms with Crippen LogP contribution in [0.1, 0.15) is 16.1 Å². The van der Waals surface area contributed by atoms with Gasteiger partial charge in [-0.05, 0) is 31.2 Å². The second kappa shape index (κ2) is 5.66. The number of carbonyl (C=O) groups is 1. The van der Waals surface area contributed by atoms with Gasteiger partial charge in [-0.1, -0.05) is 0 Å². The van der Waals surface area contributed by atoms with Crippen molar-refractivity contribution in [2.45, 2.75) is 13.5 Å². The van der Waals surface area contributed by atoms with Crippen LogP contribution < -0.4 is 5.56 Å². The quantitative estimate of drug-likeness (QED) is 0.490. The van der Waals surface area contributed by atoms with E-state index in [0.717, 1.165) is 28.8 Å². The van der Waals surface area contributed by atoms with Gasteiger partial charge in [0.25, 0.3) is 11.2 Å². The number of pyridine rings is 1. The summed E-state index contributed by atoms with van der Waals surface area (Å²) in [6.07, 6.45) is 0. The number of halogens is 1. The highest BCUT2D eigenvalue weighted by atomic mass is 19.1. The first-order valence-corrected chi connectivity index (χ1v) is 6.04. The van der Waals surface area contributed by atoms with Crippen LogP contribution in [0, 0.1) is 22.9 Å². The van der Waals surface area contributed by atoms with Crippen molar-refractivity contribution in [1.82, 2.24) is 4.57 Å². The lowest BCUT2D eigenvalue weighted by atomic mass is 10.1. The minimum atomic E-state index is -0.617. The number of hydrogen-bond donors (Lipinski definition) is 0. The SMILES string of the molecule is Cc1c([N+](=O)[O-])ccc(=O)n1CC(=O)c1ccc(F)cc1. The van der Waals surface area contributed by atoms with E-state index in [1.807, 2.05) is 0 Å². The molecule has 2 rings (SSSR count). The van der Waals surface area contributed by atoms with Crippen LogP contribution in [-0.4, -0.2) is 15.3 Å². The molecule has 108 valence electrons. The molecule has 1 aromatic carbocycles. The minimum Gasteiger partial charge on any atom is -0.299 e. The highest BCUT2D eigenvalue weighted by Crippen LogP contribution is 2.15. The van der Waals surface area contributed by atoms with Crippen molar-refractivity contribution in [3.8, 4) is 0 Å². The number of carbonyl (C=O) groups excluding carboxylic acids is 1. The molecule has 0 bridgehead atoms. The van der Waals surface area contributed by atoms with Crippen molar-refractivity contribution in [1.29, 1.82) is 0 Å². The zero-order valence-corrected chi connectivity index (χ0v) is 11.1. The summed E-state index contributed by atoms with van der Waals surface area (Å²) < 4.78 is 13.8. The Hall–Kier alpha value is -2.83. The fourth-order valence-corrected chi connectivity index (χ4v) is 1.92. The number of benzene rings is 1. The molecule has 6 nitrogen and oxygen atoms in total. The van der Waals surface area contributed by atoms with Gasteiger partial charge in [0, 0.05) is 17.7 Å². The van der Waals surface area contributed by atoms with E-state index >= 15 is 0 Å². The minimum absolute atomic E-state index is 0.1000. The number of aromatic nitrogens is 1. The Kier molecular flexibility index (Phi) is 3.93. The summed E-state index contributed by atoms with van der Waals surface area (Å²) in [5, 5.41) is 10.8. The van der Waals surface area contributed by atoms with Gasteiger partial charge in [0.05, 0.1) is 17.2 Å². The van der Waals surface area contributed by atoms with Crippen LogP contribution in [0.2, 0.25) is 0 Å². The van der Waals surface area contributed by atoms with Gasteiger partial charge < -0.3 is 0 Å². The summed E-state index contributed by atoms with van der Waals surface area (Å²) in [7, 11) is 0. The molecule has 0 unspecified atom stereocenters. The van der Waals surface area contributed by atoms with Gasteiger partial charge >= 0.3 is 0 Å². The molecule has 0 spiro atoms. The van der Waals surface area contributed by atoms with Gasteiger partial charge in [0.15, 0.2) is 5.78 Å². The first-order valence-electron chi connectivity index (χ1n) is 6.04. The molecule has 0 aliphatic heterocycles. The molecule has 1 aromatic heterocycles. The molecule has 0 saturated heterocycles. The number of Topliss-reactive ketones (excluding diaryl/α,β-unsaturated/α-hetero) is 1. The van der Waals surface area contributed by atoms with Crippen molar-refractivity contribution in [3.63, 3.8) is 0 Å². The molecule has 0 aliphatic carbocycles. The number of nitro groups is 1. The second-order valence-corrected chi connectivity index (χ2v) is 4.42. The summed E-state index contributed by atoms with van der Waals surface area (Å²) in [6.45, 7) is 1.06. The van der Waals surface area contributed by atoms with Crippen LogP contribution in [0.25, 0.3) is 0 Å². The number of nitrogens with zero attached hydrogens (tertiary/aromatic N) is 2. The Morgan fingerprint density at radius 3 is 2.43 bits per heavy atom. The van der Waals surface area contributed by atoms with Gasteiger partial charge in [-0.3, -0.25) is 24.3 Å². The van der Waals surface area contributed by atoms with E-state index in [9.17, 15) is 24.1 Å². The Morgan fingerprint density at radius 1 is 1.24 bits per heavy atom. The van der Waals surface area contributed by atoms with Crippen molar-refractivity contribution in [2.24, 2.45) is 0 Å². The van der Waals surface area contributed by atoms with Crippen molar-refractivity contribution >= 4 is 11.5 Å². The fraction of sp³-hybridized carbons (Fsp3) is 0.143. The summed E-state index contributed by atoms with van der Waals surface area (Å²) in [6, 6.07) is 7.02. The third kappa shape index (κ3) is 3.02.